The minimum Gasteiger partial charge on any atom is -0.355 e. The molecule has 0 aromatic carbocycles. The second-order valence-corrected chi connectivity index (χ2v) is 6.97. The van der Waals surface area contributed by atoms with Crippen molar-refractivity contribution in [3.05, 3.63) is 0 Å². The number of hydrogen-bond donors (Lipinski definition) is 2. The molecule has 0 aromatic rings. The third kappa shape index (κ3) is 3.25. The molecular weight excluding hydrogens is 282 g/mol. The van der Waals surface area contributed by atoms with E-state index in [0.717, 1.165) is 30.6 Å². The second kappa shape index (κ2) is 6.67. The molecule has 1 saturated heterocycles. The zero-order valence-electron chi connectivity index (χ0n) is 13.8. The lowest BCUT2D eigenvalue weighted by molar-refractivity contribution is -0.137. The standard InChI is InChI=1S/C16H27N3O3/c1-11(2)7-9-17-13(20)10-19-14(21)16(18-15(19)22)8-5-4-6-12(16)3/h11-12H,4-10H2,1-3H3,(H,17,20)(H,18,22)/t12-,16-/m0/s1. The van der Waals surface area contributed by atoms with E-state index in [1.807, 2.05) is 6.92 Å². The van der Waals surface area contributed by atoms with Gasteiger partial charge in [0.25, 0.3) is 5.91 Å². The quantitative estimate of drug-likeness (QED) is 0.758. The van der Waals surface area contributed by atoms with E-state index in [1.165, 1.54) is 0 Å². The first-order valence-electron chi connectivity index (χ1n) is 8.27. The Morgan fingerprint density at radius 2 is 2.14 bits per heavy atom. The van der Waals surface area contributed by atoms with Gasteiger partial charge >= 0.3 is 6.03 Å². The third-order valence-corrected chi connectivity index (χ3v) is 4.85. The van der Waals surface area contributed by atoms with Crippen LogP contribution in [-0.4, -0.2) is 41.4 Å². The zero-order valence-corrected chi connectivity index (χ0v) is 13.8. The summed E-state index contributed by atoms with van der Waals surface area (Å²) in [6.45, 7) is 6.55. The number of imide groups is 1. The molecule has 1 aliphatic heterocycles. The van der Waals surface area contributed by atoms with E-state index in [0.29, 0.717) is 18.9 Å². The predicted octanol–water partition coefficient (Wildman–Crippen LogP) is 1.65. The number of rotatable bonds is 5. The van der Waals surface area contributed by atoms with Crippen molar-refractivity contribution in [3.63, 3.8) is 0 Å². The van der Waals surface area contributed by atoms with E-state index in [2.05, 4.69) is 24.5 Å². The van der Waals surface area contributed by atoms with Crippen LogP contribution in [0.4, 0.5) is 4.79 Å². The summed E-state index contributed by atoms with van der Waals surface area (Å²) < 4.78 is 0. The summed E-state index contributed by atoms with van der Waals surface area (Å²) in [7, 11) is 0. The Labute approximate surface area is 132 Å². The molecule has 0 radical (unpaired) electrons. The maximum absolute atomic E-state index is 12.7. The first-order chi connectivity index (χ1) is 10.4. The van der Waals surface area contributed by atoms with Crippen molar-refractivity contribution in [2.75, 3.05) is 13.1 Å². The van der Waals surface area contributed by atoms with E-state index >= 15 is 0 Å². The van der Waals surface area contributed by atoms with Crippen LogP contribution in [0.5, 0.6) is 0 Å². The van der Waals surface area contributed by atoms with Crippen molar-refractivity contribution in [1.29, 1.82) is 0 Å². The highest BCUT2D eigenvalue weighted by Crippen LogP contribution is 2.38. The molecule has 1 saturated carbocycles. The highest BCUT2D eigenvalue weighted by Gasteiger charge is 2.55. The Morgan fingerprint density at radius 1 is 1.41 bits per heavy atom. The molecule has 124 valence electrons. The van der Waals surface area contributed by atoms with Crippen LogP contribution in [0.2, 0.25) is 0 Å². The van der Waals surface area contributed by atoms with Crippen LogP contribution in [0.3, 0.4) is 0 Å². The Morgan fingerprint density at radius 3 is 2.77 bits per heavy atom. The average Bonchev–Trinajstić information content (AvgIpc) is 2.67. The fourth-order valence-electron chi connectivity index (χ4n) is 3.34. The smallest absolute Gasteiger partial charge is 0.325 e. The third-order valence-electron chi connectivity index (χ3n) is 4.85. The second-order valence-electron chi connectivity index (χ2n) is 6.97. The molecule has 1 aliphatic carbocycles. The average molecular weight is 309 g/mol. The predicted molar refractivity (Wildman–Crippen MR) is 83.1 cm³/mol. The van der Waals surface area contributed by atoms with Crippen molar-refractivity contribution in [3.8, 4) is 0 Å². The molecule has 1 heterocycles. The van der Waals surface area contributed by atoms with Crippen molar-refractivity contribution >= 4 is 17.8 Å². The molecule has 2 aliphatic rings. The number of carbonyl (C=O) groups excluding carboxylic acids is 3. The Balaban J connectivity index is 1.96. The van der Waals surface area contributed by atoms with Gasteiger partial charge in [0.1, 0.15) is 12.1 Å². The van der Waals surface area contributed by atoms with Gasteiger partial charge in [-0.25, -0.2) is 4.79 Å². The molecule has 6 nitrogen and oxygen atoms in total. The molecule has 4 amide bonds. The topological polar surface area (TPSA) is 78.5 Å². The summed E-state index contributed by atoms with van der Waals surface area (Å²) >= 11 is 0. The van der Waals surface area contributed by atoms with Gasteiger partial charge in [0.05, 0.1) is 0 Å². The zero-order chi connectivity index (χ0) is 16.3. The first kappa shape index (κ1) is 16.8. The number of nitrogens with one attached hydrogen (secondary N) is 2. The van der Waals surface area contributed by atoms with Crippen LogP contribution in [0.25, 0.3) is 0 Å². The maximum atomic E-state index is 12.7. The van der Waals surface area contributed by atoms with Crippen LogP contribution in [0, 0.1) is 11.8 Å². The van der Waals surface area contributed by atoms with Gasteiger partial charge in [0, 0.05) is 6.54 Å². The van der Waals surface area contributed by atoms with Gasteiger partial charge in [-0.15, -0.1) is 0 Å². The van der Waals surface area contributed by atoms with Gasteiger partial charge in [-0.2, -0.15) is 0 Å². The first-order valence-corrected chi connectivity index (χ1v) is 8.27. The SMILES string of the molecule is CC(C)CCNC(=O)CN1C(=O)N[C@]2(CCCC[C@@H]2C)C1=O. The van der Waals surface area contributed by atoms with Gasteiger partial charge in [0.15, 0.2) is 0 Å². The minimum absolute atomic E-state index is 0.117. The van der Waals surface area contributed by atoms with Crippen molar-refractivity contribution < 1.29 is 14.4 Å². The lowest BCUT2D eigenvalue weighted by Gasteiger charge is -2.36. The number of nitrogens with zero attached hydrogens (tertiary/aromatic N) is 1. The van der Waals surface area contributed by atoms with Crippen LogP contribution >= 0.6 is 0 Å². The van der Waals surface area contributed by atoms with Crippen LogP contribution < -0.4 is 10.6 Å². The summed E-state index contributed by atoms with van der Waals surface area (Å²) in [6, 6.07) is -0.433. The van der Waals surface area contributed by atoms with Crippen LogP contribution in [0.1, 0.15) is 52.9 Å². The molecule has 22 heavy (non-hydrogen) atoms. The summed E-state index contributed by atoms with van der Waals surface area (Å²) in [6.07, 6.45) is 4.50. The number of carbonyl (C=O) groups is 3. The highest BCUT2D eigenvalue weighted by molar-refractivity contribution is 6.09. The molecule has 0 aromatic heterocycles. The lowest BCUT2D eigenvalue weighted by Crippen LogP contribution is -2.54. The van der Waals surface area contributed by atoms with Gasteiger partial charge in [-0.1, -0.05) is 33.6 Å². The van der Waals surface area contributed by atoms with Gasteiger partial charge in [0.2, 0.25) is 5.91 Å². The molecule has 1 spiro atoms. The van der Waals surface area contributed by atoms with E-state index in [9.17, 15) is 14.4 Å². The van der Waals surface area contributed by atoms with Crippen LogP contribution in [-0.2, 0) is 9.59 Å². The van der Waals surface area contributed by atoms with Crippen molar-refractivity contribution in [2.24, 2.45) is 11.8 Å². The van der Waals surface area contributed by atoms with Crippen molar-refractivity contribution in [1.82, 2.24) is 15.5 Å². The van der Waals surface area contributed by atoms with E-state index in [1.54, 1.807) is 0 Å². The molecule has 0 unspecified atom stereocenters. The molecule has 2 N–H and O–H groups in total. The number of amides is 4. The Hall–Kier alpha value is -1.59. The molecule has 2 rings (SSSR count). The lowest BCUT2D eigenvalue weighted by atomic mass is 9.73. The monoisotopic (exact) mass is 309 g/mol. The molecule has 6 heteroatoms. The number of hydrogen-bond acceptors (Lipinski definition) is 3. The summed E-state index contributed by atoms with van der Waals surface area (Å²) in [5.74, 6) is 0.114. The Bertz CT molecular complexity index is 464. The Kier molecular flexibility index (Phi) is 5.08. The summed E-state index contributed by atoms with van der Waals surface area (Å²) in [5.41, 5.74) is -0.784. The molecule has 2 fully saturated rings. The van der Waals surface area contributed by atoms with Crippen LogP contribution in [0.15, 0.2) is 0 Å². The summed E-state index contributed by atoms with van der Waals surface area (Å²) in [5, 5.41) is 5.63. The fourth-order valence-corrected chi connectivity index (χ4v) is 3.34. The van der Waals surface area contributed by atoms with Crippen molar-refractivity contribution in [2.45, 2.75) is 58.4 Å². The minimum atomic E-state index is -0.784. The van der Waals surface area contributed by atoms with E-state index < -0.39 is 11.6 Å². The molecule has 0 bridgehead atoms. The van der Waals surface area contributed by atoms with Gasteiger partial charge in [-0.3, -0.25) is 14.5 Å². The molecular formula is C16H27N3O3. The maximum Gasteiger partial charge on any atom is 0.325 e. The molecule has 2 atom stereocenters. The number of urea groups is 1. The largest absolute Gasteiger partial charge is 0.355 e. The summed E-state index contributed by atoms with van der Waals surface area (Å²) in [4.78, 5) is 37.8. The van der Waals surface area contributed by atoms with Gasteiger partial charge < -0.3 is 10.6 Å². The van der Waals surface area contributed by atoms with E-state index in [-0.39, 0.29) is 24.3 Å². The van der Waals surface area contributed by atoms with Gasteiger partial charge in [-0.05, 0) is 31.1 Å². The highest BCUT2D eigenvalue weighted by atomic mass is 16.2. The normalized spacial score (nSPS) is 28.4. The fraction of sp³-hybridized carbons (Fsp3) is 0.812. The van der Waals surface area contributed by atoms with E-state index in [4.69, 9.17) is 0 Å².